The number of fused-ring (bicyclic) bond motifs is 1. The molecule has 10 heteroatoms. The van der Waals surface area contributed by atoms with Gasteiger partial charge in [-0.15, -0.1) is 10.2 Å². The van der Waals surface area contributed by atoms with E-state index < -0.39 is 16.8 Å². The van der Waals surface area contributed by atoms with Crippen LogP contribution in [-0.2, 0) is 6.42 Å². The van der Waals surface area contributed by atoms with Crippen LogP contribution >= 0.6 is 11.3 Å². The van der Waals surface area contributed by atoms with Crippen molar-refractivity contribution in [3.8, 4) is 16.3 Å². The number of carbonyl (C=O) groups excluding carboxylic acids is 1. The molecule has 1 fully saturated rings. The highest BCUT2D eigenvalue weighted by Gasteiger charge is 2.55. The molecule has 2 aromatic heterocycles. The number of hydrogen-bond acceptors (Lipinski definition) is 7. The van der Waals surface area contributed by atoms with Crippen LogP contribution in [0.15, 0.2) is 35.3 Å². The monoisotopic (exact) mass is 469 g/mol. The molecule has 0 saturated heterocycles. The average molecular weight is 470 g/mol. The maximum atomic E-state index is 13.3. The number of aromatic hydroxyl groups is 1. The van der Waals surface area contributed by atoms with Gasteiger partial charge in [0.05, 0.1) is 5.56 Å². The normalized spacial score (nSPS) is 21.9. The summed E-state index contributed by atoms with van der Waals surface area (Å²) >= 11 is 1.23. The first-order valence-electron chi connectivity index (χ1n) is 10.9. The number of amides is 1. The number of benzene rings is 1. The fourth-order valence-corrected chi connectivity index (χ4v) is 5.94. The topological polar surface area (TPSA) is 91.6 Å². The second kappa shape index (κ2) is 7.65. The average Bonchev–Trinajstić information content (AvgIpc) is 3.22. The number of carbonyl (C=O) groups is 1. The van der Waals surface area contributed by atoms with Gasteiger partial charge < -0.3 is 10.0 Å². The lowest BCUT2D eigenvalue weighted by Crippen LogP contribution is -2.73. The first-order chi connectivity index (χ1) is 15.7. The molecular formula is C23H24FN5O3S. The van der Waals surface area contributed by atoms with Crippen molar-refractivity contribution >= 4 is 17.2 Å². The third kappa shape index (κ3) is 3.23. The Kier molecular flexibility index (Phi) is 5.00. The van der Waals surface area contributed by atoms with Crippen LogP contribution in [0.3, 0.4) is 0 Å². The van der Waals surface area contributed by atoms with Crippen molar-refractivity contribution in [2.45, 2.75) is 38.8 Å². The SMILES string of the molecule is CCN1C(=O)c2c(O)c(=O)c(-c3nnc(Cc4ccc(F)cc4)s3)cn2N(C)C12CC(C)C2. The van der Waals surface area contributed by atoms with Crippen LogP contribution in [-0.4, -0.2) is 50.0 Å². The summed E-state index contributed by atoms with van der Waals surface area (Å²) in [6.07, 6.45) is 3.65. The summed E-state index contributed by atoms with van der Waals surface area (Å²) in [5.41, 5.74) is -0.108. The smallest absolute Gasteiger partial charge is 0.278 e. The molecule has 3 aromatic rings. The van der Waals surface area contributed by atoms with Crippen molar-refractivity contribution in [3.05, 3.63) is 62.8 Å². The summed E-state index contributed by atoms with van der Waals surface area (Å²) in [5, 5.41) is 22.1. The van der Waals surface area contributed by atoms with Crippen LogP contribution in [0.2, 0.25) is 0 Å². The van der Waals surface area contributed by atoms with E-state index in [2.05, 4.69) is 17.1 Å². The number of rotatable bonds is 4. The molecule has 8 nitrogen and oxygen atoms in total. The molecule has 0 radical (unpaired) electrons. The third-order valence-electron chi connectivity index (χ3n) is 6.67. The molecule has 1 amide bonds. The highest BCUT2D eigenvalue weighted by atomic mass is 32.1. The molecule has 3 heterocycles. The molecule has 2 aliphatic rings. The van der Waals surface area contributed by atoms with Crippen LogP contribution in [0.4, 0.5) is 4.39 Å². The van der Waals surface area contributed by atoms with Crippen molar-refractivity contribution < 1.29 is 14.3 Å². The lowest BCUT2D eigenvalue weighted by Gasteiger charge is -2.61. The summed E-state index contributed by atoms with van der Waals surface area (Å²) in [5.74, 6) is -0.771. The molecule has 5 rings (SSSR count). The molecule has 1 aliphatic heterocycles. The molecule has 1 aromatic carbocycles. The summed E-state index contributed by atoms with van der Waals surface area (Å²) in [6.45, 7) is 4.53. The lowest BCUT2D eigenvalue weighted by molar-refractivity contribution is -0.0303. The van der Waals surface area contributed by atoms with Gasteiger partial charge in [0.25, 0.3) is 5.91 Å². The number of halogens is 1. The number of nitrogens with zero attached hydrogens (tertiary/aromatic N) is 5. The van der Waals surface area contributed by atoms with E-state index in [-0.39, 0.29) is 23.0 Å². The van der Waals surface area contributed by atoms with Crippen LogP contribution in [0.25, 0.3) is 10.6 Å². The molecule has 0 atom stereocenters. The van der Waals surface area contributed by atoms with Gasteiger partial charge in [-0.1, -0.05) is 30.4 Å². The summed E-state index contributed by atoms with van der Waals surface area (Å²) < 4.78 is 14.8. The summed E-state index contributed by atoms with van der Waals surface area (Å²) in [4.78, 5) is 28.1. The lowest BCUT2D eigenvalue weighted by atomic mass is 9.73. The van der Waals surface area contributed by atoms with Gasteiger partial charge in [-0.05, 0) is 43.4 Å². The van der Waals surface area contributed by atoms with E-state index in [1.54, 1.807) is 27.9 Å². The van der Waals surface area contributed by atoms with Gasteiger partial charge >= 0.3 is 0 Å². The van der Waals surface area contributed by atoms with Crippen molar-refractivity contribution in [1.82, 2.24) is 19.8 Å². The Labute approximate surface area is 193 Å². The first-order valence-corrected chi connectivity index (χ1v) is 11.7. The predicted molar refractivity (Wildman–Crippen MR) is 122 cm³/mol. The zero-order valence-corrected chi connectivity index (χ0v) is 19.4. The van der Waals surface area contributed by atoms with Crippen LogP contribution in [0, 0.1) is 11.7 Å². The first kappa shape index (κ1) is 21.6. The second-order valence-corrected chi connectivity index (χ2v) is 9.85. The van der Waals surface area contributed by atoms with Gasteiger partial charge in [0.1, 0.15) is 16.5 Å². The molecule has 1 N–H and O–H groups in total. The predicted octanol–water partition coefficient (Wildman–Crippen LogP) is 2.97. The van der Waals surface area contributed by atoms with Gasteiger partial charge in [0.2, 0.25) is 5.43 Å². The molecule has 1 aliphatic carbocycles. The minimum atomic E-state index is -0.651. The number of hydrogen-bond donors (Lipinski definition) is 1. The standard InChI is InChI=1S/C23H24FN5O3S/c1-4-28-22(32)18-20(31)19(30)16(12-29(18)27(3)23(28)10-13(2)11-23)21-26-25-17(33-21)9-14-5-7-15(24)8-6-14/h5-8,12-13,31H,4,9-11H2,1-3H3. The van der Waals surface area contributed by atoms with E-state index in [1.165, 1.54) is 23.5 Å². The quantitative estimate of drug-likeness (QED) is 0.632. The maximum Gasteiger partial charge on any atom is 0.278 e. The third-order valence-corrected chi connectivity index (χ3v) is 7.63. The van der Waals surface area contributed by atoms with Crippen LogP contribution in [0.1, 0.15) is 47.7 Å². The molecule has 172 valence electrons. The Balaban J connectivity index is 1.55. The Bertz CT molecular complexity index is 1300. The fourth-order valence-electron chi connectivity index (χ4n) is 5.06. The van der Waals surface area contributed by atoms with E-state index >= 15 is 0 Å². The minimum absolute atomic E-state index is 0.0330. The number of pyridine rings is 1. The maximum absolute atomic E-state index is 13.3. The molecule has 1 saturated carbocycles. The summed E-state index contributed by atoms with van der Waals surface area (Å²) in [7, 11) is 1.87. The Morgan fingerprint density at radius 2 is 1.91 bits per heavy atom. The number of aromatic nitrogens is 3. The fraction of sp³-hybridized carbons (Fsp3) is 0.391. The van der Waals surface area contributed by atoms with E-state index in [9.17, 15) is 19.1 Å². The Morgan fingerprint density at radius 3 is 2.55 bits per heavy atom. The van der Waals surface area contributed by atoms with Crippen LogP contribution < -0.4 is 10.4 Å². The van der Waals surface area contributed by atoms with Gasteiger partial charge in [-0.2, -0.15) is 0 Å². The van der Waals surface area contributed by atoms with E-state index in [0.29, 0.717) is 28.9 Å². The molecule has 0 bridgehead atoms. The zero-order chi connectivity index (χ0) is 23.5. The van der Waals surface area contributed by atoms with Crippen molar-refractivity contribution in [1.29, 1.82) is 0 Å². The zero-order valence-electron chi connectivity index (χ0n) is 18.6. The second-order valence-electron chi connectivity index (χ2n) is 8.79. The highest BCUT2D eigenvalue weighted by molar-refractivity contribution is 7.14. The van der Waals surface area contributed by atoms with Crippen molar-refractivity contribution in [2.75, 3.05) is 18.6 Å². The largest absolute Gasteiger partial charge is 0.502 e. The molecule has 33 heavy (non-hydrogen) atoms. The van der Waals surface area contributed by atoms with E-state index in [4.69, 9.17) is 0 Å². The molecular weight excluding hydrogens is 445 g/mol. The Hall–Kier alpha value is -3.27. The van der Waals surface area contributed by atoms with Crippen LogP contribution in [0.5, 0.6) is 5.75 Å². The van der Waals surface area contributed by atoms with Gasteiger partial charge in [0, 0.05) is 26.2 Å². The molecule has 1 spiro atoms. The minimum Gasteiger partial charge on any atom is -0.502 e. The Morgan fingerprint density at radius 1 is 1.21 bits per heavy atom. The van der Waals surface area contributed by atoms with E-state index in [1.807, 2.05) is 19.0 Å². The van der Waals surface area contributed by atoms with Gasteiger partial charge in [0.15, 0.2) is 16.5 Å². The summed E-state index contributed by atoms with van der Waals surface area (Å²) in [6, 6.07) is 6.12. The molecule has 0 unspecified atom stereocenters. The van der Waals surface area contributed by atoms with Crippen molar-refractivity contribution in [2.24, 2.45) is 5.92 Å². The van der Waals surface area contributed by atoms with E-state index in [0.717, 1.165) is 18.4 Å². The van der Waals surface area contributed by atoms with Gasteiger partial charge in [-0.25, -0.2) is 4.39 Å². The highest BCUT2D eigenvalue weighted by Crippen LogP contribution is 2.47. The van der Waals surface area contributed by atoms with Crippen molar-refractivity contribution in [3.63, 3.8) is 0 Å². The van der Waals surface area contributed by atoms with Gasteiger partial charge in [-0.3, -0.25) is 19.3 Å².